The number of nitrogens with one attached hydrogen (secondary N) is 1. The number of nitrogens with zero attached hydrogens (tertiary/aromatic N) is 1. The molecule has 1 heterocycles. The van der Waals surface area contributed by atoms with Crippen molar-refractivity contribution in [3.05, 3.63) is 53.7 Å². The van der Waals surface area contributed by atoms with Crippen molar-refractivity contribution in [2.24, 2.45) is 0 Å². The van der Waals surface area contributed by atoms with E-state index in [1.54, 1.807) is 0 Å². The Morgan fingerprint density at radius 1 is 1.00 bits per heavy atom. The smallest absolute Gasteiger partial charge is 0.150 e. The third-order valence-electron chi connectivity index (χ3n) is 3.33. The van der Waals surface area contributed by atoms with Crippen molar-refractivity contribution < 1.29 is 4.79 Å². The Hall–Kier alpha value is -3.74. The predicted octanol–water partition coefficient (Wildman–Crippen LogP) is 3.61. The predicted molar refractivity (Wildman–Crippen MR) is 97.1 cm³/mol. The number of terminal acetylenes is 2. The quantitative estimate of drug-likeness (QED) is 0.580. The molecular formula is C21H14N2O. The van der Waals surface area contributed by atoms with Crippen LogP contribution in [-0.4, -0.2) is 16.5 Å². The van der Waals surface area contributed by atoms with Crippen LogP contribution in [0.3, 0.4) is 0 Å². The number of H-pyrrole nitrogens is 1. The normalized spacial score (nSPS) is 8.79. The summed E-state index contributed by atoms with van der Waals surface area (Å²) in [5.74, 6) is 8.61. The highest BCUT2D eigenvalue weighted by Crippen LogP contribution is 2.25. The van der Waals surface area contributed by atoms with Gasteiger partial charge in [-0.15, -0.1) is 12.8 Å². The average Bonchev–Trinajstić information content (AvgIpc) is 3.01. The van der Waals surface area contributed by atoms with Gasteiger partial charge in [0.25, 0.3) is 0 Å². The second kappa shape index (κ2) is 8.04. The minimum absolute atomic E-state index is 0.694. The molecule has 0 spiro atoms. The Bertz CT molecular complexity index is 982. The first-order valence-corrected chi connectivity index (χ1v) is 7.11. The highest BCUT2D eigenvalue weighted by Gasteiger charge is 2.04. The van der Waals surface area contributed by atoms with Gasteiger partial charge in [0.15, 0.2) is 0 Å². The molecule has 3 aromatic rings. The van der Waals surface area contributed by atoms with Gasteiger partial charge in [-0.1, -0.05) is 30.3 Å². The highest BCUT2D eigenvalue weighted by molar-refractivity contribution is 5.86. The Kier molecular flexibility index (Phi) is 5.57. The van der Waals surface area contributed by atoms with E-state index in [1.807, 2.05) is 43.3 Å². The van der Waals surface area contributed by atoms with Crippen LogP contribution in [0.5, 0.6) is 0 Å². The fourth-order valence-corrected chi connectivity index (χ4v) is 2.14. The summed E-state index contributed by atoms with van der Waals surface area (Å²) in [4.78, 5) is 10.6. The zero-order chi connectivity index (χ0) is 17.4. The number of aromatic nitrogens is 2. The fraction of sp³-hybridized carbons (Fsp3) is 0.0476. The summed E-state index contributed by atoms with van der Waals surface area (Å²) in [6.45, 7) is 2.01. The summed E-state index contributed by atoms with van der Waals surface area (Å²) in [6.07, 6.45) is 10.2. The van der Waals surface area contributed by atoms with Gasteiger partial charge in [0.05, 0.1) is 5.52 Å². The monoisotopic (exact) mass is 310 g/mol. The third-order valence-corrected chi connectivity index (χ3v) is 3.33. The highest BCUT2D eigenvalue weighted by atomic mass is 16.1. The van der Waals surface area contributed by atoms with Crippen LogP contribution in [0.25, 0.3) is 22.0 Å². The van der Waals surface area contributed by atoms with Crippen LogP contribution in [0.2, 0.25) is 0 Å². The van der Waals surface area contributed by atoms with E-state index >= 15 is 0 Å². The van der Waals surface area contributed by atoms with Crippen LogP contribution in [-0.2, 0) is 0 Å². The summed E-state index contributed by atoms with van der Waals surface area (Å²) < 4.78 is 0. The molecule has 0 atom stereocenters. The maximum atomic E-state index is 10.6. The zero-order valence-electron chi connectivity index (χ0n) is 13.1. The van der Waals surface area contributed by atoms with Gasteiger partial charge in [0.2, 0.25) is 0 Å². The summed E-state index contributed by atoms with van der Waals surface area (Å²) in [7, 11) is 0. The first-order chi connectivity index (χ1) is 11.7. The molecule has 1 aromatic heterocycles. The maximum Gasteiger partial charge on any atom is 0.150 e. The second-order valence-corrected chi connectivity index (χ2v) is 4.86. The fourth-order valence-electron chi connectivity index (χ4n) is 2.14. The van der Waals surface area contributed by atoms with Crippen molar-refractivity contribution >= 4 is 17.2 Å². The Morgan fingerprint density at radius 2 is 1.62 bits per heavy atom. The lowest BCUT2D eigenvalue weighted by Gasteiger charge is -2.02. The number of carbonyl (C=O) groups is 1. The molecule has 0 saturated heterocycles. The Balaban J connectivity index is 0.000000301. The van der Waals surface area contributed by atoms with Crippen molar-refractivity contribution in [3.8, 4) is 47.7 Å². The molecule has 0 aliphatic carbocycles. The lowest BCUT2D eigenvalue weighted by Crippen LogP contribution is -1.81. The third kappa shape index (κ3) is 3.92. The summed E-state index contributed by atoms with van der Waals surface area (Å²) in [6, 6.07) is 13.7. The molecule has 0 saturated carbocycles. The molecule has 24 heavy (non-hydrogen) atoms. The number of fused-ring (bicyclic) bond motifs is 1. The van der Waals surface area contributed by atoms with Gasteiger partial charge in [-0.05, 0) is 53.9 Å². The van der Waals surface area contributed by atoms with Gasteiger partial charge in [-0.3, -0.25) is 9.89 Å². The number of aryl methyl sites for hydroxylation is 1. The van der Waals surface area contributed by atoms with Crippen LogP contribution in [0.1, 0.15) is 16.1 Å². The van der Waals surface area contributed by atoms with E-state index in [2.05, 4.69) is 39.9 Å². The van der Waals surface area contributed by atoms with Crippen molar-refractivity contribution in [2.45, 2.75) is 6.92 Å². The van der Waals surface area contributed by atoms with E-state index in [1.165, 1.54) is 0 Å². The molecule has 0 aliphatic rings. The summed E-state index contributed by atoms with van der Waals surface area (Å²) in [5.41, 5.74) is 4.96. The largest absolute Gasteiger partial charge is 0.298 e. The molecule has 0 unspecified atom stereocenters. The topological polar surface area (TPSA) is 45.8 Å². The molecule has 0 amide bonds. The maximum absolute atomic E-state index is 10.6. The van der Waals surface area contributed by atoms with E-state index in [9.17, 15) is 4.79 Å². The minimum Gasteiger partial charge on any atom is -0.298 e. The van der Waals surface area contributed by atoms with Crippen LogP contribution in [0.4, 0.5) is 0 Å². The Morgan fingerprint density at radius 3 is 2.21 bits per heavy atom. The molecule has 0 bridgehead atoms. The molecule has 114 valence electrons. The molecule has 0 radical (unpaired) electrons. The van der Waals surface area contributed by atoms with E-state index in [0.717, 1.165) is 34.0 Å². The van der Waals surface area contributed by atoms with Gasteiger partial charge < -0.3 is 0 Å². The first-order valence-electron chi connectivity index (χ1n) is 7.11. The SMILES string of the molecule is C#CC#CC#C.Cc1[nH]nc2ccc(-c3ccc(C=O)cc3)cc12. The number of benzene rings is 2. The van der Waals surface area contributed by atoms with Gasteiger partial charge in [0.1, 0.15) is 6.29 Å². The standard InChI is InChI=1S/C15H12N2O.C6H2/c1-10-14-8-13(6-7-15(14)17-16-10)12-4-2-11(9-18)3-5-12;1-3-5-6-4-2/h2-9H,1H3,(H,16,17);1-2H. The van der Waals surface area contributed by atoms with E-state index < -0.39 is 0 Å². The van der Waals surface area contributed by atoms with Crippen molar-refractivity contribution in [3.63, 3.8) is 0 Å². The van der Waals surface area contributed by atoms with Gasteiger partial charge in [-0.25, -0.2) is 0 Å². The van der Waals surface area contributed by atoms with Crippen molar-refractivity contribution in [2.75, 3.05) is 0 Å². The van der Waals surface area contributed by atoms with E-state index in [-0.39, 0.29) is 0 Å². The number of carbonyl (C=O) groups excluding carboxylic acids is 1. The van der Waals surface area contributed by atoms with Crippen molar-refractivity contribution in [1.82, 2.24) is 10.2 Å². The second-order valence-electron chi connectivity index (χ2n) is 4.86. The lowest BCUT2D eigenvalue weighted by molar-refractivity contribution is 0.112. The van der Waals surface area contributed by atoms with Gasteiger partial charge in [-0.2, -0.15) is 5.10 Å². The van der Waals surface area contributed by atoms with Crippen molar-refractivity contribution in [1.29, 1.82) is 0 Å². The Labute approximate surface area is 141 Å². The number of aromatic amines is 1. The first kappa shape index (κ1) is 16.6. The molecular weight excluding hydrogens is 296 g/mol. The molecule has 3 rings (SSSR count). The summed E-state index contributed by atoms with van der Waals surface area (Å²) in [5, 5.41) is 8.32. The zero-order valence-corrected chi connectivity index (χ0v) is 13.1. The van der Waals surface area contributed by atoms with Crippen LogP contribution < -0.4 is 0 Å². The number of hydrogen-bond donors (Lipinski definition) is 1. The van der Waals surface area contributed by atoms with Crippen LogP contribution >= 0.6 is 0 Å². The number of rotatable bonds is 2. The van der Waals surface area contributed by atoms with Gasteiger partial charge in [0, 0.05) is 16.6 Å². The average molecular weight is 310 g/mol. The van der Waals surface area contributed by atoms with Crippen LogP contribution in [0.15, 0.2) is 42.5 Å². The molecule has 0 aliphatic heterocycles. The molecule has 2 aromatic carbocycles. The van der Waals surface area contributed by atoms with E-state index in [0.29, 0.717) is 5.56 Å². The van der Waals surface area contributed by atoms with Gasteiger partial charge >= 0.3 is 0 Å². The van der Waals surface area contributed by atoms with Crippen LogP contribution in [0, 0.1) is 43.5 Å². The molecule has 1 N–H and O–H groups in total. The molecule has 0 fully saturated rings. The number of hydrogen-bond acceptors (Lipinski definition) is 2. The molecule has 3 nitrogen and oxygen atoms in total. The molecule has 3 heteroatoms. The lowest BCUT2D eigenvalue weighted by atomic mass is 10.0. The van der Waals surface area contributed by atoms with E-state index in [4.69, 9.17) is 12.8 Å². The summed E-state index contributed by atoms with van der Waals surface area (Å²) >= 11 is 0. The number of aldehydes is 1. The minimum atomic E-state index is 0.694.